The van der Waals surface area contributed by atoms with Crippen LogP contribution in [0.1, 0.15) is 13.8 Å². The third-order valence-corrected chi connectivity index (χ3v) is 7.29. The van der Waals surface area contributed by atoms with Gasteiger partial charge in [-0.3, -0.25) is 4.79 Å². The minimum atomic E-state index is -0.859. The highest BCUT2D eigenvalue weighted by Gasteiger charge is 2.27. The van der Waals surface area contributed by atoms with E-state index >= 15 is 0 Å². The zero-order chi connectivity index (χ0) is 26.7. The van der Waals surface area contributed by atoms with Crippen molar-refractivity contribution in [3.05, 3.63) is 76.4 Å². The summed E-state index contributed by atoms with van der Waals surface area (Å²) in [5.41, 5.74) is 1.42. The fraction of sp³-hybridized carbons (Fsp3) is 0.222. The average molecular weight is 549 g/mol. The Morgan fingerprint density at radius 1 is 1.16 bits per heavy atom. The Morgan fingerprint density at radius 3 is 2.84 bits per heavy atom. The zero-order valence-electron chi connectivity index (χ0n) is 20.8. The van der Waals surface area contributed by atoms with Crippen molar-refractivity contribution in [1.82, 2.24) is 19.9 Å². The first-order chi connectivity index (χ1) is 18.3. The van der Waals surface area contributed by atoms with E-state index in [0.29, 0.717) is 29.7 Å². The van der Waals surface area contributed by atoms with Crippen molar-refractivity contribution in [2.75, 3.05) is 18.4 Å². The topological polar surface area (TPSA) is 110 Å². The van der Waals surface area contributed by atoms with Crippen LogP contribution in [0.25, 0.3) is 21.1 Å². The Morgan fingerprint density at radius 2 is 2.03 bits per heavy atom. The Balaban J connectivity index is 1.30. The number of carbonyl (C=O) groups excluding carboxylic acids is 1. The molecule has 0 radical (unpaired) electrons. The van der Waals surface area contributed by atoms with Gasteiger partial charge in [0.25, 0.3) is 0 Å². The Bertz CT molecular complexity index is 1630. The van der Waals surface area contributed by atoms with Gasteiger partial charge < -0.3 is 19.9 Å². The number of halogens is 1. The van der Waals surface area contributed by atoms with E-state index in [9.17, 15) is 9.70 Å². The van der Waals surface area contributed by atoms with Gasteiger partial charge in [0.2, 0.25) is 5.91 Å². The van der Waals surface area contributed by atoms with Gasteiger partial charge in [0.05, 0.1) is 22.5 Å². The first kappa shape index (κ1) is 25.6. The van der Waals surface area contributed by atoms with E-state index < -0.39 is 5.41 Å². The summed E-state index contributed by atoms with van der Waals surface area (Å²) in [4.78, 5) is 31.8. The van der Waals surface area contributed by atoms with Crippen molar-refractivity contribution in [3.8, 4) is 11.5 Å². The van der Waals surface area contributed by atoms with Crippen LogP contribution in [0.3, 0.4) is 0 Å². The fourth-order valence-corrected chi connectivity index (χ4v) is 5.03. The normalized spacial score (nSPS) is 11.6. The Hall–Kier alpha value is -4.02. The third-order valence-electron chi connectivity index (χ3n) is 6.11. The summed E-state index contributed by atoms with van der Waals surface area (Å²) in [7, 11) is 0. The lowest BCUT2D eigenvalue weighted by atomic mass is 9.93. The Labute approximate surface area is 227 Å². The number of hydrogen-bond donors (Lipinski definition) is 2. The molecular weight excluding hydrogens is 524 g/mol. The molecule has 0 aliphatic heterocycles. The molecule has 2 aromatic carbocycles. The molecule has 0 aliphatic rings. The molecule has 0 spiro atoms. The molecule has 1 amide bonds. The van der Waals surface area contributed by atoms with Crippen LogP contribution in [-0.2, 0) is 11.3 Å². The molecule has 5 aromatic rings. The molecule has 0 aliphatic carbocycles. The predicted molar refractivity (Wildman–Crippen MR) is 152 cm³/mol. The molecule has 5 rings (SSSR count). The number of rotatable bonds is 10. The van der Waals surface area contributed by atoms with Crippen LogP contribution < -0.4 is 15.4 Å². The molecule has 0 fully saturated rings. The van der Waals surface area contributed by atoms with Crippen LogP contribution in [0.15, 0.2) is 71.6 Å². The number of fused-ring (bicyclic) bond motifs is 2. The van der Waals surface area contributed by atoms with Crippen LogP contribution in [0.5, 0.6) is 11.5 Å². The van der Waals surface area contributed by atoms with Gasteiger partial charge in [-0.1, -0.05) is 16.8 Å². The maximum Gasteiger partial charge on any atom is 0.227 e. The maximum atomic E-state index is 12.4. The molecule has 0 saturated heterocycles. The number of hydrogen-bond acceptors (Lipinski definition) is 8. The summed E-state index contributed by atoms with van der Waals surface area (Å²) in [6.07, 6.45) is 3.38. The zero-order valence-corrected chi connectivity index (χ0v) is 22.3. The van der Waals surface area contributed by atoms with Crippen molar-refractivity contribution in [3.63, 3.8) is 0 Å². The molecule has 0 saturated carbocycles. The van der Waals surface area contributed by atoms with E-state index in [0.717, 1.165) is 27.2 Å². The molecule has 11 heteroatoms. The van der Waals surface area contributed by atoms with Crippen molar-refractivity contribution in [1.29, 1.82) is 0 Å². The van der Waals surface area contributed by atoms with E-state index in [-0.39, 0.29) is 12.5 Å². The molecule has 0 unspecified atom stereocenters. The first-order valence-electron chi connectivity index (χ1n) is 11.9. The van der Waals surface area contributed by atoms with E-state index in [1.165, 1.54) is 11.7 Å². The fourth-order valence-electron chi connectivity index (χ4n) is 4.00. The SMILES string of the molecule is CC(C)(CN=O)C(=O)NCCn1ccc2ncnc(Nc3ccc(Oc4ccc5ccsc5c4)c(Cl)c3)c21. The van der Waals surface area contributed by atoms with Crippen molar-refractivity contribution in [2.45, 2.75) is 20.4 Å². The predicted octanol–water partition coefficient (Wildman–Crippen LogP) is 6.74. The van der Waals surface area contributed by atoms with Gasteiger partial charge in [0.15, 0.2) is 5.82 Å². The number of ether oxygens (including phenoxy) is 1. The maximum absolute atomic E-state index is 12.4. The lowest BCUT2D eigenvalue weighted by Gasteiger charge is -2.20. The molecule has 3 aromatic heterocycles. The molecule has 0 bridgehead atoms. The van der Waals surface area contributed by atoms with Crippen LogP contribution in [0.2, 0.25) is 5.02 Å². The highest BCUT2D eigenvalue weighted by atomic mass is 35.5. The summed E-state index contributed by atoms with van der Waals surface area (Å²) < 4.78 is 9.14. The van der Waals surface area contributed by atoms with Crippen molar-refractivity contribution in [2.24, 2.45) is 10.6 Å². The first-order valence-corrected chi connectivity index (χ1v) is 13.2. The van der Waals surface area contributed by atoms with Crippen LogP contribution >= 0.6 is 22.9 Å². The van der Waals surface area contributed by atoms with Gasteiger partial charge >= 0.3 is 0 Å². The molecule has 2 N–H and O–H groups in total. The van der Waals surface area contributed by atoms with Crippen molar-refractivity contribution < 1.29 is 9.53 Å². The number of carbonyl (C=O) groups is 1. The quantitative estimate of drug-likeness (QED) is 0.187. The van der Waals surface area contributed by atoms with E-state index in [1.54, 1.807) is 31.3 Å². The molecule has 194 valence electrons. The van der Waals surface area contributed by atoms with E-state index in [4.69, 9.17) is 16.3 Å². The minimum absolute atomic E-state index is 0.0799. The molecular formula is C27H25ClN6O3S. The minimum Gasteiger partial charge on any atom is -0.456 e. The summed E-state index contributed by atoms with van der Waals surface area (Å²) >= 11 is 8.22. The molecule has 0 atom stereocenters. The highest BCUT2D eigenvalue weighted by molar-refractivity contribution is 7.17. The van der Waals surface area contributed by atoms with Gasteiger partial charge in [-0.2, -0.15) is 4.91 Å². The largest absolute Gasteiger partial charge is 0.456 e. The van der Waals surface area contributed by atoms with Crippen LogP contribution in [-0.4, -0.2) is 33.5 Å². The third kappa shape index (κ3) is 5.46. The lowest BCUT2D eigenvalue weighted by molar-refractivity contribution is -0.128. The van der Waals surface area contributed by atoms with Gasteiger partial charge in [0, 0.05) is 29.7 Å². The van der Waals surface area contributed by atoms with Gasteiger partial charge in [0.1, 0.15) is 23.3 Å². The number of anilines is 2. The Kier molecular flexibility index (Phi) is 7.26. The smallest absolute Gasteiger partial charge is 0.227 e. The number of thiophene rings is 1. The monoisotopic (exact) mass is 548 g/mol. The molecule has 3 heterocycles. The van der Waals surface area contributed by atoms with E-state index in [2.05, 4.69) is 31.8 Å². The number of nitrogens with one attached hydrogen (secondary N) is 2. The second-order valence-electron chi connectivity index (χ2n) is 9.38. The second kappa shape index (κ2) is 10.8. The number of aromatic nitrogens is 3. The van der Waals surface area contributed by atoms with E-state index in [1.807, 2.05) is 52.5 Å². The number of nitrogens with zero attached hydrogens (tertiary/aromatic N) is 4. The number of amides is 1. The van der Waals surface area contributed by atoms with Gasteiger partial charge in [-0.05, 0) is 73.1 Å². The highest BCUT2D eigenvalue weighted by Crippen LogP contribution is 2.35. The standard InChI is InChI=1S/C27H25ClN6O3S/c1-27(2,15-32-36)26(35)29-9-11-34-10-7-21-24(34)25(31-16-30-21)33-18-4-6-22(20(28)13-18)37-19-5-3-17-8-12-38-23(17)14-19/h3-8,10,12-14,16H,9,11,15H2,1-2H3,(H,29,35)(H,30,31,33). The number of benzene rings is 2. The lowest BCUT2D eigenvalue weighted by Crippen LogP contribution is -2.40. The number of nitroso groups, excluding NO2 is 1. The summed E-state index contributed by atoms with van der Waals surface area (Å²) in [6.45, 7) is 4.16. The summed E-state index contributed by atoms with van der Waals surface area (Å²) in [5.74, 6) is 1.64. The second-order valence-corrected chi connectivity index (χ2v) is 10.7. The van der Waals surface area contributed by atoms with Gasteiger partial charge in [-0.15, -0.1) is 11.3 Å². The van der Waals surface area contributed by atoms with Crippen LogP contribution in [0, 0.1) is 10.3 Å². The van der Waals surface area contributed by atoms with Gasteiger partial charge in [-0.25, -0.2) is 9.97 Å². The molecule has 9 nitrogen and oxygen atoms in total. The molecule has 38 heavy (non-hydrogen) atoms. The summed E-state index contributed by atoms with van der Waals surface area (Å²) in [5, 5.41) is 12.7. The average Bonchev–Trinajstić information content (AvgIpc) is 3.53. The van der Waals surface area contributed by atoms with Crippen LogP contribution in [0.4, 0.5) is 11.5 Å². The van der Waals surface area contributed by atoms with Crippen molar-refractivity contribution >= 4 is 61.5 Å². The summed E-state index contributed by atoms with van der Waals surface area (Å²) in [6, 6.07) is 15.4.